The van der Waals surface area contributed by atoms with Crippen LogP contribution in [0.25, 0.3) is 0 Å². The van der Waals surface area contributed by atoms with Gasteiger partial charge in [-0.25, -0.2) is 4.79 Å². The fourth-order valence-corrected chi connectivity index (χ4v) is 5.00. The van der Waals surface area contributed by atoms with Crippen LogP contribution in [0.15, 0.2) is 70.1 Å². The van der Waals surface area contributed by atoms with Crippen LogP contribution in [0.3, 0.4) is 0 Å². The van der Waals surface area contributed by atoms with E-state index in [0.29, 0.717) is 43.9 Å². The predicted octanol–water partition coefficient (Wildman–Crippen LogP) is 3.89. The lowest BCUT2D eigenvalue weighted by Gasteiger charge is -2.36. The van der Waals surface area contributed by atoms with E-state index in [1.54, 1.807) is 0 Å². The molecule has 35 heavy (non-hydrogen) atoms. The zero-order valence-electron chi connectivity index (χ0n) is 19.6. The Morgan fingerprint density at radius 1 is 0.943 bits per heavy atom. The molecule has 2 aliphatic rings. The summed E-state index contributed by atoms with van der Waals surface area (Å²) >= 11 is 6.14. The Kier molecular flexibility index (Phi) is 7.39. The number of rotatable bonds is 6. The van der Waals surface area contributed by atoms with Crippen LogP contribution in [-0.2, 0) is 17.8 Å². The first-order chi connectivity index (χ1) is 17.1. The Morgan fingerprint density at radius 2 is 1.74 bits per heavy atom. The van der Waals surface area contributed by atoms with Gasteiger partial charge in [-0.05, 0) is 23.8 Å². The minimum absolute atomic E-state index is 0.0428. The lowest BCUT2D eigenvalue weighted by molar-refractivity contribution is -0.0334. The van der Waals surface area contributed by atoms with Gasteiger partial charge in [0.1, 0.15) is 12.0 Å². The molecule has 3 heterocycles. The number of hydrogen-bond acceptors (Lipinski definition) is 7. The summed E-state index contributed by atoms with van der Waals surface area (Å²) in [7, 11) is 0. The molecule has 1 N–H and O–H groups in total. The largest absolute Gasteiger partial charge is 0.507 e. The average molecular weight is 496 g/mol. The van der Waals surface area contributed by atoms with Gasteiger partial charge in [-0.3, -0.25) is 9.80 Å². The van der Waals surface area contributed by atoms with E-state index in [1.165, 1.54) is 6.26 Å². The van der Waals surface area contributed by atoms with Crippen molar-refractivity contribution in [2.75, 3.05) is 50.8 Å². The van der Waals surface area contributed by atoms with Crippen LogP contribution in [-0.4, -0.2) is 60.8 Å². The van der Waals surface area contributed by atoms with Crippen molar-refractivity contribution in [3.8, 4) is 5.75 Å². The summed E-state index contributed by atoms with van der Waals surface area (Å²) in [5.41, 5.74) is 2.70. The summed E-state index contributed by atoms with van der Waals surface area (Å²) in [6.45, 7) is 6.17. The number of halogens is 1. The fraction of sp³-hybridized carbons (Fsp3) is 0.370. The second kappa shape index (κ2) is 10.8. The molecule has 2 aliphatic heterocycles. The van der Waals surface area contributed by atoms with E-state index < -0.39 is 5.63 Å². The molecule has 2 fully saturated rings. The molecule has 184 valence electrons. The average Bonchev–Trinajstić information content (AvgIpc) is 2.89. The minimum Gasteiger partial charge on any atom is -0.507 e. The number of benzene rings is 2. The second-order valence-electron chi connectivity index (χ2n) is 9.12. The standard InChI is InChI=1S/C27H30ClN3O4/c28-22-7-4-8-23(15-22)31-11-9-29(10-12-31)16-21-19-35-27(33)24(26(21)32)17-30-13-14-34-25(18-30)20-5-2-1-3-6-20/h1-8,15,19,25,32H,9-14,16-18H2/t25-/m0/s1. The third-order valence-corrected chi connectivity index (χ3v) is 7.02. The van der Waals surface area contributed by atoms with Crippen LogP contribution in [0, 0.1) is 0 Å². The molecule has 1 atom stereocenters. The highest BCUT2D eigenvalue weighted by atomic mass is 35.5. The molecule has 7 nitrogen and oxygen atoms in total. The maximum absolute atomic E-state index is 12.5. The van der Waals surface area contributed by atoms with Gasteiger partial charge in [-0.15, -0.1) is 0 Å². The summed E-state index contributed by atoms with van der Waals surface area (Å²) in [5, 5.41) is 11.7. The Balaban J connectivity index is 1.23. The lowest BCUT2D eigenvalue weighted by Crippen LogP contribution is -2.46. The molecule has 2 aromatic carbocycles. The smallest absolute Gasteiger partial charge is 0.343 e. The molecule has 5 rings (SSSR count). The number of aromatic hydroxyl groups is 1. The van der Waals surface area contributed by atoms with Gasteiger partial charge in [0.25, 0.3) is 0 Å². The van der Waals surface area contributed by atoms with Gasteiger partial charge >= 0.3 is 5.63 Å². The first kappa shape index (κ1) is 23.9. The molecule has 0 spiro atoms. The quantitative estimate of drug-likeness (QED) is 0.556. The molecule has 0 unspecified atom stereocenters. The van der Waals surface area contributed by atoms with E-state index in [2.05, 4.69) is 20.8 Å². The minimum atomic E-state index is -0.486. The molecule has 8 heteroatoms. The summed E-state index contributed by atoms with van der Waals surface area (Å²) in [4.78, 5) is 19.2. The highest BCUT2D eigenvalue weighted by Crippen LogP contribution is 2.27. The van der Waals surface area contributed by atoms with Crippen LogP contribution in [0.4, 0.5) is 5.69 Å². The Labute approximate surface area is 210 Å². The molecule has 0 saturated carbocycles. The number of ether oxygens (including phenoxy) is 1. The van der Waals surface area contributed by atoms with Gasteiger partial charge in [-0.1, -0.05) is 48.0 Å². The molecule has 0 bridgehead atoms. The summed E-state index contributed by atoms with van der Waals surface area (Å²) in [6.07, 6.45) is 1.34. The van der Waals surface area contributed by atoms with Crippen molar-refractivity contribution in [1.29, 1.82) is 0 Å². The summed E-state index contributed by atoms with van der Waals surface area (Å²) < 4.78 is 11.3. The maximum atomic E-state index is 12.5. The zero-order valence-corrected chi connectivity index (χ0v) is 20.4. The van der Waals surface area contributed by atoms with Gasteiger partial charge in [0.15, 0.2) is 0 Å². The highest BCUT2D eigenvalue weighted by Gasteiger charge is 2.26. The van der Waals surface area contributed by atoms with Gasteiger partial charge in [-0.2, -0.15) is 0 Å². The van der Waals surface area contributed by atoms with Crippen molar-refractivity contribution in [1.82, 2.24) is 9.80 Å². The van der Waals surface area contributed by atoms with E-state index >= 15 is 0 Å². The topological polar surface area (TPSA) is 69.4 Å². The van der Waals surface area contributed by atoms with E-state index in [4.69, 9.17) is 20.8 Å². The molecular weight excluding hydrogens is 466 g/mol. The molecule has 2 saturated heterocycles. The van der Waals surface area contributed by atoms with E-state index in [9.17, 15) is 9.90 Å². The summed E-state index contributed by atoms with van der Waals surface area (Å²) in [6, 6.07) is 18.0. The van der Waals surface area contributed by atoms with Gasteiger partial charge < -0.3 is 19.2 Å². The number of anilines is 1. The molecule has 0 aliphatic carbocycles. The van der Waals surface area contributed by atoms with Crippen LogP contribution in [0.1, 0.15) is 22.8 Å². The van der Waals surface area contributed by atoms with Gasteiger partial charge in [0, 0.05) is 68.6 Å². The van der Waals surface area contributed by atoms with Crippen molar-refractivity contribution in [3.05, 3.63) is 93.0 Å². The van der Waals surface area contributed by atoms with E-state index in [-0.39, 0.29) is 11.9 Å². The van der Waals surface area contributed by atoms with Gasteiger partial charge in [0.05, 0.1) is 18.3 Å². The van der Waals surface area contributed by atoms with Crippen molar-refractivity contribution in [3.63, 3.8) is 0 Å². The molecular formula is C27H30ClN3O4. The van der Waals surface area contributed by atoms with Crippen LogP contribution in [0.5, 0.6) is 5.75 Å². The normalized spacial score (nSPS) is 19.7. The van der Waals surface area contributed by atoms with Crippen molar-refractivity contribution < 1.29 is 14.3 Å². The molecule has 0 amide bonds. The number of piperazine rings is 1. The second-order valence-corrected chi connectivity index (χ2v) is 9.56. The summed E-state index contributed by atoms with van der Waals surface area (Å²) in [5.74, 6) is 0.0428. The lowest BCUT2D eigenvalue weighted by atomic mass is 10.1. The predicted molar refractivity (Wildman–Crippen MR) is 136 cm³/mol. The van der Waals surface area contributed by atoms with Crippen molar-refractivity contribution in [2.24, 2.45) is 0 Å². The maximum Gasteiger partial charge on any atom is 0.343 e. The van der Waals surface area contributed by atoms with Crippen LogP contribution in [0.2, 0.25) is 5.02 Å². The molecule has 1 aromatic heterocycles. The highest BCUT2D eigenvalue weighted by molar-refractivity contribution is 6.30. The van der Waals surface area contributed by atoms with Crippen LogP contribution < -0.4 is 10.5 Å². The number of nitrogens with zero attached hydrogens (tertiary/aromatic N) is 3. The molecule has 3 aromatic rings. The molecule has 0 radical (unpaired) electrons. The van der Waals surface area contributed by atoms with Crippen LogP contribution >= 0.6 is 11.6 Å². The number of morpholine rings is 1. The fourth-order valence-electron chi connectivity index (χ4n) is 4.81. The van der Waals surface area contributed by atoms with Crippen molar-refractivity contribution in [2.45, 2.75) is 19.2 Å². The monoisotopic (exact) mass is 495 g/mol. The third kappa shape index (κ3) is 5.70. The number of hydrogen-bond donors (Lipinski definition) is 1. The van der Waals surface area contributed by atoms with Crippen molar-refractivity contribution >= 4 is 17.3 Å². The Morgan fingerprint density at radius 3 is 2.51 bits per heavy atom. The van der Waals surface area contributed by atoms with E-state index in [0.717, 1.165) is 42.5 Å². The SMILES string of the molecule is O=c1occ(CN2CCN(c3cccc(Cl)c3)CC2)c(O)c1CN1CCO[C@H](c2ccccc2)C1. The first-order valence-corrected chi connectivity index (χ1v) is 12.4. The zero-order chi connectivity index (χ0) is 24.2. The first-order valence-electron chi connectivity index (χ1n) is 12.0. The Hall–Kier alpha value is -2.84. The Bertz CT molecular complexity index is 1190. The van der Waals surface area contributed by atoms with Gasteiger partial charge in [0.2, 0.25) is 0 Å². The third-order valence-electron chi connectivity index (χ3n) is 6.79. The van der Waals surface area contributed by atoms with E-state index in [1.807, 2.05) is 48.5 Å².